The van der Waals surface area contributed by atoms with Crippen LogP contribution >= 0.6 is 0 Å². The van der Waals surface area contributed by atoms with E-state index in [2.05, 4.69) is 214 Å². The summed E-state index contributed by atoms with van der Waals surface area (Å²) in [6.45, 7) is 4.72. The molecule has 0 fully saturated rings. The normalized spacial score (nSPS) is 12.8. The minimum absolute atomic E-state index is 0.133. The van der Waals surface area contributed by atoms with Crippen LogP contribution in [0, 0.1) is 0 Å². The Kier molecular flexibility index (Phi) is 8.56. The molecule has 13 rings (SSSR count). The largest absolute Gasteiger partial charge is 0.456 e. The third-order valence-corrected chi connectivity index (χ3v) is 13.8. The second kappa shape index (κ2) is 14.8. The maximum Gasteiger partial charge on any atom is 0.160 e. The highest BCUT2D eigenvalue weighted by molar-refractivity contribution is 6.07. The van der Waals surface area contributed by atoms with E-state index in [-0.39, 0.29) is 5.41 Å². The van der Waals surface area contributed by atoms with Crippen LogP contribution in [0.5, 0.6) is 0 Å². The fraction of sp³-hybridized carbons (Fsp3) is 0.0476. The van der Waals surface area contributed by atoms with Gasteiger partial charge in [0, 0.05) is 32.9 Å². The summed E-state index contributed by atoms with van der Waals surface area (Å²) in [6.07, 6.45) is 0. The summed E-state index contributed by atoms with van der Waals surface area (Å²) >= 11 is 0. The molecule has 0 spiro atoms. The predicted molar refractivity (Wildman–Crippen MR) is 275 cm³/mol. The van der Waals surface area contributed by atoms with Gasteiger partial charge in [-0.05, 0) is 138 Å². The molecule has 0 aliphatic heterocycles. The van der Waals surface area contributed by atoms with Crippen LogP contribution in [-0.2, 0) is 5.41 Å². The lowest BCUT2D eigenvalue weighted by atomic mass is 9.81. The Morgan fingerprint density at radius 1 is 0.333 bits per heavy atom. The number of nitrogens with zero attached hydrogens (tertiary/aromatic N) is 2. The summed E-state index contributed by atoms with van der Waals surface area (Å²) in [5.41, 5.74) is 18.6. The first kappa shape index (κ1) is 38.1. The van der Waals surface area contributed by atoms with Crippen molar-refractivity contribution in [2.45, 2.75) is 19.3 Å². The lowest BCUT2D eigenvalue weighted by Crippen LogP contribution is -2.14. The van der Waals surface area contributed by atoms with E-state index in [1.165, 1.54) is 54.9 Å². The van der Waals surface area contributed by atoms with Crippen LogP contribution in [0.3, 0.4) is 0 Å². The standard InChI is InChI=1S/C63H42N2O/c1-63(2)55-27-14-26-51(61(55)54-36-41-18-6-7-19-42(41)37-56(54)63)44-21-12-22-45(31-44)57-38-58(65-62(64-57)40-16-4-3-5-17-40)48-33-46(32-47(34-48)50-25-13-20-39-15-8-9-23-49(39)50)43-29-30-60-53(35-43)52-24-10-11-28-59(52)66-60/h3-38H,1-2H3. The maximum absolute atomic E-state index is 6.27. The van der Waals surface area contributed by atoms with E-state index in [4.69, 9.17) is 14.4 Å². The van der Waals surface area contributed by atoms with Gasteiger partial charge in [-0.2, -0.15) is 0 Å². The number of hydrogen-bond donors (Lipinski definition) is 0. The van der Waals surface area contributed by atoms with Gasteiger partial charge in [0.15, 0.2) is 5.82 Å². The number of rotatable bonds is 6. The lowest BCUT2D eigenvalue weighted by molar-refractivity contribution is 0.661. The topological polar surface area (TPSA) is 38.9 Å². The van der Waals surface area contributed by atoms with Crippen molar-refractivity contribution in [3.05, 3.63) is 230 Å². The number of para-hydroxylation sites is 1. The molecule has 0 saturated carbocycles. The van der Waals surface area contributed by atoms with Gasteiger partial charge in [-0.15, -0.1) is 0 Å². The third-order valence-electron chi connectivity index (χ3n) is 13.8. The molecule has 3 nitrogen and oxygen atoms in total. The lowest BCUT2D eigenvalue weighted by Gasteiger charge is -2.22. The van der Waals surface area contributed by atoms with Gasteiger partial charge in [0.05, 0.1) is 11.4 Å². The maximum atomic E-state index is 6.27. The molecular weight excluding hydrogens is 801 g/mol. The van der Waals surface area contributed by atoms with Gasteiger partial charge in [-0.3, -0.25) is 0 Å². The molecule has 66 heavy (non-hydrogen) atoms. The molecule has 1 aliphatic carbocycles. The van der Waals surface area contributed by atoms with Crippen molar-refractivity contribution in [2.24, 2.45) is 0 Å². The molecule has 0 unspecified atom stereocenters. The van der Waals surface area contributed by atoms with Gasteiger partial charge in [0.2, 0.25) is 0 Å². The van der Waals surface area contributed by atoms with Crippen molar-refractivity contribution in [2.75, 3.05) is 0 Å². The van der Waals surface area contributed by atoms with Crippen molar-refractivity contribution in [1.82, 2.24) is 9.97 Å². The van der Waals surface area contributed by atoms with Crippen LogP contribution < -0.4 is 0 Å². The van der Waals surface area contributed by atoms with Gasteiger partial charge in [-0.1, -0.05) is 172 Å². The third kappa shape index (κ3) is 6.19. The molecular formula is C63H42N2O. The summed E-state index contributed by atoms with van der Waals surface area (Å²) in [4.78, 5) is 10.7. The number of benzene rings is 10. The van der Waals surface area contributed by atoms with Gasteiger partial charge in [0.1, 0.15) is 11.2 Å². The Hall–Kier alpha value is -8.40. The Morgan fingerprint density at radius 3 is 1.80 bits per heavy atom. The SMILES string of the molecule is CC1(C)c2cc3ccccc3cc2-c2c(-c3cccc(-c4cc(-c5cc(-c6ccc7oc8ccccc8c7c6)cc(-c6cccc7ccccc67)c5)nc(-c5ccccc5)n4)c3)cccc21. The number of hydrogen-bond acceptors (Lipinski definition) is 3. The fourth-order valence-electron chi connectivity index (χ4n) is 10.5. The summed E-state index contributed by atoms with van der Waals surface area (Å²) in [6, 6.07) is 78.6. The molecule has 0 bridgehead atoms. The van der Waals surface area contributed by atoms with Crippen LogP contribution in [0.25, 0.3) is 122 Å². The van der Waals surface area contributed by atoms with Gasteiger partial charge in [0.25, 0.3) is 0 Å². The summed E-state index contributed by atoms with van der Waals surface area (Å²) in [5, 5.41) is 7.15. The van der Waals surface area contributed by atoms with Crippen LogP contribution in [0.2, 0.25) is 0 Å². The Bertz CT molecular complexity index is 3910. The number of aromatic nitrogens is 2. The highest BCUT2D eigenvalue weighted by atomic mass is 16.3. The Labute approximate surface area is 383 Å². The second-order valence-corrected chi connectivity index (χ2v) is 18.1. The minimum Gasteiger partial charge on any atom is -0.456 e. The van der Waals surface area contributed by atoms with Crippen LogP contribution in [0.4, 0.5) is 0 Å². The van der Waals surface area contributed by atoms with E-state index in [0.717, 1.165) is 72.3 Å². The molecule has 2 heterocycles. The molecule has 0 radical (unpaired) electrons. The highest BCUT2D eigenvalue weighted by Crippen LogP contribution is 2.53. The Balaban J connectivity index is 1.00. The van der Waals surface area contributed by atoms with E-state index in [1.807, 2.05) is 18.2 Å². The Morgan fingerprint density at radius 2 is 0.939 bits per heavy atom. The van der Waals surface area contributed by atoms with E-state index >= 15 is 0 Å². The van der Waals surface area contributed by atoms with E-state index in [1.54, 1.807) is 0 Å². The summed E-state index contributed by atoms with van der Waals surface area (Å²) < 4.78 is 6.27. The van der Waals surface area contributed by atoms with E-state index in [9.17, 15) is 0 Å². The van der Waals surface area contributed by atoms with Crippen molar-refractivity contribution >= 4 is 43.5 Å². The average molecular weight is 843 g/mol. The molecule has 0 atom stereocenters. The van der Waals surface area contributed by atoms with Crippen LogP contribution in [-0.4, -0.2) is 9.97 Å². The summed E-state index contributed by atoms with van der Waals surface area (Å²) in [7, 11) is 0. The zero-order valence-corrected chi connectivity index (χ0v) is 36.6. The first-order valence-corrected chi connectivity index (χ1v) is 22.7. The highest BCUT2D eigenvalue weighted by Gasteiger charge is 2.37. The van der Waals surface area contributed by atoms with Crippen LogP contribution in [0.15, 0.2) is 223 Å². The van der Waals surface area contributed by atoms with Crippen molar-refractivity contribution < 1.29 is 4.42 Å². The minimum atomic E-state index is -0.133. The second-order valence-electron chi connectivity index (χ2n) is 18.1. The predicted octanol–water partition coefficient (Wildman–Crippen LogP) is 17.0. The quantitative estimate of drug-likeness (QED) is 0.167. The van der Waals surface area contributed by atoms with Crippen LogP contribution in [0.1, 0.15) is 25.0 Å². The first-order chi connectivity index (χ1) is 32.4. The molecule has 10 aromatic carbocycles. The van der Waals surface area contributed by atoms with Crippen molar-refractivity contribution in [3.8, 4) is 78.4 Å². The molecule has 310 valence electrons. The van der Waals surface area contributed by atoms with Gasteiger partial charge >= 0.3 is 0 Å². The molecule has 3 heteroatoms. The van der Waals surface area contributed by atoms with Crippen molar-refractivity contribution in [3.63, 3.8) is 0 Å². The number of furan rings is 1. The smallest absolute Gasteiger partial charge is 0.160 e. The zero-order valence-electron chi connectivity index (χ0n) is 36.6. The zero-order chi connectivity index (χ0) is 43.9. The van der Waals surface area contributed by atoms with E-state index < -0.39 is 0 Å². The van der Waals surface area contributed by atoms with Crippen molar-refractivity contribution in [1.29, 1.82) is 0 Å². The van der Waals surface area contributed by atoms with Gasteiger partial charge in [-0.25, -0.2) is 9.97 Å². The number of fused-ring (bicyclic) bond motifs is 8. The molecule has 12 aromatic rings. The van der Waals surface area contributed by atoms with E-state index in [0.29, 0.717) is 5.82 Å². The molecule has 0 saturated heterocycles. The van der Waals surface area contributed by atoms with Gasteiger partial charge < -0.3 is 4.42 Å². The molecule has 1 aliphatic rings. The molecule has 2 aromatic heterocycles. The average Bonchev–Trinajstić information content (AvgIpc) is 3.86. The summed E-state index contributed by atoms with van der Waals surface area (Å²) in [5.74, 6) is 0.681. The molecule has 0 amide bonds. The monoisotopic (exact) mass is 842 g/mol. The molecule has 0 N–H and O–H groups in total. The fourth-order valence-corrected chi connectivity index (χ4v) is 10.5. The first-order valence-electron chi connectivity index (χ1n) is 22.7.